The first-order chi connectivity index (χ1) is 8.70. The summed E-state index contributed by atoms with van der Waals surface area (Å²) in [4.78, 5) is 19.5. The van der Waals surface area contributed by atoms with Crippen LogP contribution in [0.3, 0.4) is 0 Å². The number of carboxylic acid groups (broad SMARTS) is 1. The molecule has 18 heavy (non-hydrogen) atoms. The van der Waals surface area contributed by atoms with Crippen LogP contribution in [0, 0.1) is 0 Å². The highest BCUT2D eigenvalue weighted by molar-refractivity contribution is 5.89. The fourth-order valence-corrected chi connectivity index (χ4v) is 1.72. The van der Waals surface area contributed by atoms with Crippen molar-refractivity contribution in [3.05, 3.63) is 47.8 Å². The molecule has 1 heterocycles. The van der Waals surface area contributed by atoms with Crippen molar-refractivity contribution in [3.8, 4) is 11.4 Å². The zero-order chi connectivity index (χ0) is 13.0. The Labute approximate surface area is 105 Å². The molecule has 4 heteroatoms. The first kappa shape index (κ1) is 12.2. The third-order valence-electron chi connectivity index (χ3n) is 2.59. The SMILES string of the molecule is CCCc1ccnc(-c2cccc(C(=O)O)c2)n1. The Morgan fingerprint density at radius 2 is 2.17 bits per heavy atom. The van der Waals surface area contributed by atoms with Crippen molar-refractivity contribution in [3.63, 3.8) is 0 Å². The van der Waals surface area contributed by atoms with Gasteiger partial charge in [-0.2, -0.15) is 0 Å². The van der Waals surface area contributed by atoms with Crippen molar-refractivity contribution in [2.75, 3.05) is 0 Å². The number of carboxylic acids is 1. The molecule has 0 aliphatic rings. The summed E-state index contributed by atoms with van der Waals surface area (Å²) in [6.45, 7) is 2.09. The topological polar surface area (TPSA) is 63.1 Å². The zero-order valence-electron chi connectivity index (χ0n) is 10.1. The molecule has 0 bridgehead atoms. The van der Waals surface area contributed by atoms with Gasteiger partial charge >= 0.3 is 5.97 Å². The Morgan fingerprint density at radius 1 is 1.33 bits per heavy atom. The summed E-state index contributed by atoms with van der Waals surface area (Å²) in [6, 6.07) is 8.55. The van der Waals surface area contributed by atoms with Crippen LogP contribution in [0.2, 0.25) is 0 Å². The molecule has 0 amide bonds. The van der Waals surface area contributed by atoms with Gasteiger partial charge in [0.15, 0.2) is 5.82 Å². The first-order valence-corrected chi connectivity index (χ1v) is 5.86. The van der Waals surface area contributed by atoms with Crippen LogP contribution in [0.1, 0.15) is 29.4 Å². The van der Waals surface area contributed by atoms with Crippen molar-refractivity contribution in [1.29, 1.82) is 0 Å². The minimum atomic E-state index is -0.943. The maximum atomic E-state index is 10.9. The van der Waals surface area contributed by atoms with Gasteiger partial charge < -0.3 is 5.11 Å². The predicted molar refractivity (Wildman–Crippen MR) is 68.4 cm³/mol. The van der Waals surface area contributed by atoms with Crippen molar-refractivity contribution in [2.45, 2.75) is 19.8 Å². The van der Waals surface area contributed by atoms with E-state index in [1.807, 2.05) is 12.1 Å². The quantitative estimate of drug-likeness (QED) is 0.895. The monoisotopic (exact) mass is 242 g/mol. The summed E-state index contributed by atoms with van der Waals surface area (Å²) in [6.07, 6.45) is 3.63. The molecular formula is C14H14N2O2. The molecule has 0 aliphatic heterocycles. The number of benzene rings is 1. The number of aromatic carboxylic acids is 1. The van der Waals surface area contributed by atoms with Crippen LogP contribution in [0.25, 0.3) is 11.4 Å². The van der Waals surface area contributed by atoms with Gasteiger partial charge in [-0.15, -0.1) is 0 Å². The van der Waals surface area contributed by atoms with Gasteiger partial charge in [-0.25, -0.2) is 14.8 Å². The van der Waals surface area contributed by atoms with Crippen LogP contribution in [-0.4, -0.2) is 21.0 Å². The fraction of sp³-hybridized carbons (Fsp3) is 0.214. The Kier molecular flexibility index (Phi) is 3.67. The fourth-order valence-electron chi connectivity index (χ4n) is 1.72. The summed E-state index contributed by atoms with van der Waals surface area (Å²) in [5.74, 6) is -0.370. The van der Waals surface area contributed by atoms with E-state index < -0.39 is 5.97 Å². The third kappa shape index (κ3) is 2.71. The number of rotatable bonds is 4. The van der Waals surface area contributed by atoms with Gasteiger partial charge in [-0.05, 0) is 24.6 Å². The minimum absolute atomic E-state index is 0.247. The summed E-state index contributed by atoms with van der Waals surface area (Å²) < 4.78 is 0. The third-order valence-corrected chi connectivity index (χ3v) is 2.59. The largest absolute Gasteiger partial charge is 0.478 e. The highest BCUT2D eigenvalue weighted by Crippen LogP contribution is 2.16. The lowest BCUT2D eigenvalue weighted by molar-refractivity contribution is 0.0697. The van der Waals surface area contributed by atoms with Gasteiger partial charge in [0.1, 0.15) is 0 Å². The average molecular weight is 242 g/mol. The molecule has 1 N–H and O–H groups in total. The maximum Gasteiger partial charge on any atom is 0.335 e. The Bertz CT molecular complexity index is 567. The van der Waals surface area contributed by atoms with E-state index in [4.69, 9.17) is 5.11 Å². The van der Waals surface area contributed by atoms with E-state index in [1.165, 1.54) is 0 Å². The molecule has 0 unspecified atom stereocenters. The summed E-state index contributed by atoms with van der Waals surface area (Å²) in [7, 11) is 0. The molecule has 2 rings (SSSR count). The Balaban J connectivity index is 2.38. The van der Waals surface area contributed by atoms with E-state index in [9.17, 15) is 4.79 Å². The van der Waals surface area contributed by atoms with Gasteiger partial charge in [0.25, 0.3) is 0 Å². The van der Waals surface area contributed by atoms with Gasteiger partial charge in [0, 0.05) is 17.5 Å². The number of aryl methyl sites for hydroxylation is 1. The molecule has 4 nitrogen and oxygen atoms in total. The maximum absolute atomic E-state index is 10.9. The van der Waals surface area contributed by atoms with Gasteiger partial charge in [0.05, 0.1) is 5.56 Å². The molecule has 1 aromatic heterocycles. The summed E-state index contributed by atoms with van der Waals surface area (Å²) in [5.41, 5.74) is 1.95. The molecule has 1 aromatic carbocycles. The highest BCUT2D eigenvalue weighted by atomic mass is 16.4. The van der Waals surface area contributed by atoms with Crippen molar-refractivity contribution in [1.82, 2.24) is 9.97 Å². The summed E-state index contributed by atoms with van der Waals surface area (Å²) >= 11 is 0. The zero-order valence-corrected chi connectivity index (χ0v) is 10.1. The van der Waals surface area contributed by atoms with Gasteiger partial charge in [-0.1, -0.05) is 25.5 Å². The molecule has 0 saturated carbocycles. The van der Waals surface area contributed by atoms with E-state index in [2.05, 4.69) is 16.9 Å². The molecule has 0 saturated heterocycles. The Morgan fingerprint density at radius 3 is 2.89 bits per heavy atom. The lowest BCUT2D eigenvalue weighted by atomic mass is 10.1. The van der Waals surface area contributed by atoms with Crippen LogP contribution in [-0.2, 0) is 6.42 Å². The molecule has 92 valence electrons. The van der Waals surface area contributed by atoms with E-state index >= 15 is 0 Å². The molecular weight excluding hydrogens is 228 g/mol. The molecule has 0 aliphatic carbocycles. The van der Waals surface area contributed by atoms with Gasteiger partial charge in [0.2, 0.25) is 0 Å². The van der Waals surface area contributed by atoms with E-state index in [-0.39, 0.29) is 5.56 Å². The summed E-state index contributed by atoms with van der Waals surface area (Å²) in [5, 5.41) is 8.95. The molecule has 2 aromatic rings. The highest BCUT2D eigenvalue weighted by Gasteiger charge is 2.07. The van der Waals surface area contributed by atoms with Crippen LogP contribution in [0.5, 0.6) is 0 Å². The second-order valence-corrected chi connectivity index (χ2v) is 4.01. The molecule has 0 atom stereocenters. The van der Waals surface area contributed by atoms with Crippen molar-refractivity contribution < 1.29 is 9.90 Å². The number of aromatic nitrogens is 2. The Hall–Kier alpha value is -2.23. The lowest BCUT2D eigenvalue weighted by Crippen LogP contribution is -1.98. The average Bonchev–Trinajstić information content (AvgIpc) is 2.39. The predicted octanol–water partition coefficient (Wildman–Crippen LogP) is 2.79. The minimum Gasteiger partial charge on any atom is -0.478 e. The van der Waals surface area contributed by atoms with E-state index in [0.717, 1.165) is 24.1 Å². The second-order valence-electron chi connectivity index (χ2n) is 4.01. The van der Waals surface area contributed by atoms with Crippen LogP contribution in [0.15, 0.2) is 36.5 Å². The number of carbonyl (C=O) groups is 1. The van der Waals surface area contributed by atoms with Crippen LogP contribution in [0.4, 0.5) is 0 Å². The standard InChI is InChI=1S/C14H14N2O2/c1-2-4-12-7-8-15-13(16-12)10-5-3-6-11(9-10)14(17)18/h3,5-9H,2,4H2,1H3,(H,17,18). The first-order valence-electron chi connectivity index (χ1n) is 5.86. The smallest absolute Gasteiger partial charge is 0.335 e. The van der Waals surface area contributed by atoms with E-state index in [0.29, 0.717) is 5.82 Å². The van der Waals surface area contributed by atoms with Crippen molar-refractivity contribution >= 4 is 5.97 Å². The number of nitrogens with zero attached hydrogens (tertiary/aromatic N) is 2. The van der Waals surface area contributed by atoms with Gasteiger partial charge in [-0.3, -0.25) is 0 Å². The normalized spacial score (nSPS) is 10.3. The number of hydrogen-bond donors (Lipinski definition) is 1. The van der Waals surface area contributed by atoms with E-state index in [1.54, 1.807) is 24.4 Å². The molecule has 0 spiro atoms. The van der Waals surface area contributed by atoms with Crippen LogP contribution < -0.4 is 0 Å². The molecule has 0 fully saturated rings. The van der Waals surface area contributed by atoms with Crippen molar-refractivity contribution in [2.24, 2.45) is 0 Å². The van der Waals surface area contributed by atoms with Crippen LogP contribution >= 0.6 is 0 Å². The second kappa shape index (κ2) is 5.40. The lowest BCUT2D eigenvalue weighted by Gasteiger charge is -2.03. The molecule has 0 radical (unpaired) electrons. The number of hydrogen-bond acceptors (Lipinski definition) is 3.